The number of ether oxygens (including phenoxy) is 1. The van der Waals surface area contributed by atoms with Crippen LogP contribution < -0.4 is 11.1 Å². The highest BCUT2D eigenvalue weighted by atomic mass is 35.5. The fourth-order valence-electron chi connectivity index (χ4n) is 1.75. The van der Waals surface area contributed by atoms with Crippen molar-refractivity contribution < 1.29 is 9.53 Å². The summed E-state index contributed by atoms with van der Waals surface area (Å²) >= 11 is 5.89. The Morgan fingerprint density at radius 3 is 2.56 bits per heavy atom. The molecule has 1 atom stereocenters. The molecule has 0 heterocycles. The molecular formula is C10H18ClN3O2. The molecule has 0 amide bonds. The minimum atomic E-state index is -1.46. The van der Waals surface area contributed by atoms with Gasteiger partial charge in [-0.15, -0.1) is 0 Å². The highest BCUT2D eigenvalue weighted by Crippen LogP contribution is 2.23. The summed E-state index contributed by atoms with van der Waals surface area (Å²) in [5, 5.41) is 9.40. The number of hydrogen-bond donors (Lipinski definition) is 3. The largest absolute Gasteiger partial charge is 0.460 e. The summed E-state index contributed by atoms with van der Waals surface area (Å²) in [5.74, 6) is -0.922. The van der Waals surface area contributed by atoms with Crippen LogP contribution in [-0.4, -0.2) is 23.0 Å². The molecule has 0 aromatic carbocycles. The van der Waals surface area contributed by atoms with Crippen LogP contribution in [0.4, 0.5) is 0 Å². The molecule has 0 saturated heterocycles. The van der Waals surface area contributed by atoms with Gasteiger partial charge < -0.3 is 15.8 Å². The summed E-state index contributed by atoms with van der Waals surface area (Å²) in [6, 6.07) is 0. The van der Waals surface area contributed by atoms with Gasteiger partial charge in [0.1, 0.15) is 6.10 Å². The molecule has 5 nitrogen and oxygen atoms in total. The molecule has 1 aliphatic rings. The average Bonchev–Trinajstić information content (AvgIpc) is 2.17. The zero-order chi connectivity index (χ0) is 12.2. The van der Waals surface area contributed by atoms with E-state index >= 15 is 0 Å². The number of hydrogen-bond acceptors (Lipinski definition) is 3. The van der Waals surface area contributed by atoms with Crippen LogP contribution in [0, 0.1) is 5.41 Å². The SMILES string of the molecule is CC(Cl)(NC(=N)N)C(=O)OC1CCCCC1. The number of rotatable bonds is 3. The van der Waals surface area contributed by atoms with Crippen LogP contribution in [0.1, 0.15) is 39.0 Å². The highest BCUT2D eigenvalue weighted by molar-refractivity contribution is 6.34. The molecule has 0 aromatic rings. The predicted octanol–water partition coefficient (Wildman–Crippen LogP) is 1.30. The fourth-order valence-corrected chi connectivity index (χ4v) is 1.90. The fraction of sp³-hybridized carbons (Fsp3) is 0.800. The summed E-state index contributed by atoms with van der Waals surface area (Å²) in [6.45, 7) is 1.43. The number of esters is 1. The molecule has 92 valence electrons. The maximum absolute atomic E-state index is 11.7. The van der Waals surface area contributed by atoms with Gasteiger partial charge in [-0.3, -0.25) is 5.41 Å². The Kier molecular flexibility index (Phi) is 4.41. The molecule has 1 rings (SSSR count). The van der Waals surface area contributed by atoms with Gasteiger partial charge in [-0.25, -0.2) is 4.79 Å². The summed E-state index contributed by atoms with van der Waals surface area (Å²) in [4.78, 5) is 10.2. The van der Waals surface area contributed by atoms with Crippen LogP contribution in [0.3, 0.4) is 0 Å². The van der Waals surface area contributed by atoms with Gasteiger partial charge in [0.15, 0.2) is 5.96 Å². The van der Waals surface area contributed by atoms with E-state index in [4.69, 9.17) is 27.5 Å². The quantitative estimate of drug-likeness (QED) is 0.231. The van der Waals surface area contributed by atoms with E-state index < -0.39 is 11.0 Å². The van der Waals surface area contributed by atoms with Crippen molar-refractivity contribution in [2.75, 3.05) is 0 Å². The molecule has 0 spiro atoms. The lowest BCUT2D eigenvalue weighted by Gasteiger charge is -2.27. The third-order valence-electron chi connectivity index (χ3n) is 2.58. The van der Waals surface area contributed by atoms with Crippen LogP contribution in [0.25, 0.3) is 0 Å². The lowest BCUT2D eigenvalue weighted by atomic mass is 9.98. The Morgan fingerprint density at radius 1 is 1.50 bits per heavy atom. The number of nitrogens with one attached hydrogen (secondary N) is 2. The van der Waals surface area contributed by atoms with Crippen molar-refractivity contribution in [3.05, 3.63) is 0 Å². The predicted molar refractivity (Wildman–Crippen MR) is 62.3 cm³/mol. The molecular weight excluding hydrogens is 230 g/mol. The number of carbonyl (C=O) groups excluding carboxylic acids is 1. The molecule has 0 aliphatic heterocycles. The van der Waals surface area contributed by atoms with Crippen molar-refractivity contribution in [2.45, 2.75) is 50.1 Å². The third kappa shape index (κ3) is 3.89. The summed E-state index contributed by atoms with van der Waals surface area (Å²) < 4.78 is 5.27. The minimum absolute atomic E-state index is 0.0481. The zero-order valence-electron chi connectivity index (χ0n) is 9.38. The Morgan fingerprint density at radius 2 is 2.06 bits per heavy atom. The van der Waals surface area contributed by atoms with Crippen molar-refractivity contribution in [3.8, 4) is 0 Å². The summed E-state index contributed by atoms with van der Waals surface area (Å²) in [7, 11) is 0. The number of carbonyl (C=O) groups is 1. The number of guanidine groups is 1. The third-order valence-corrected chi connectivity index (χ3v) is 2.83. The molecule has 6 heteroatoms. The smallest absolute Gasteiger partial charge is 0.347 e. The topological polar surface area (TPSA) is 88.2 Å². The van der Waals surface area contributed by atoms with Crippen molar-refractivity contribution >= 4 is 23.5 Å². The van der Waals surface area contributed by atoms with Crippen molar-refractivity contribution in [1.82, 2.24) is 5.32 Å². The van der Waals surface area contributed by atoms with E-state index in [-0.39, 0.29) is 12.1 Å². The van der Waals surface area contributed by atoms with E-state index in [1.807, 2.05) is 0 Å². The van der Waals surface area contributed by atoms with Gasteiger partial charge in [0.2, 0.25) is 5.00 Å². The van der Waals surface area contributed by atoms with E-state index in [1.54, 1.807) is 0 Å². The van der Waals surface area contributed by atoms with Gasteiger partial charge in [0.25, 0.3) is 0 Å². The average molecular weight is 248 g/mol. The second-order valence-electron chi connectivity index (χ2n) is 4.21. The van der Waals surface area contributed by atoms with Gasteiger partial charge in [-0.1, -0.05) is 18.0 Å². The van der Waals surface area contributed by atoms with Crippen molar-refractivity contribution in [3.63, 3.8) is 0 Å². The molecule has 1 fully saturated rings. The molecule has 0 radical (unpaired) electrons. The minimum Gasteiger partial charge on any atom is -0.460 e. The van der Waals surface area contributed by atoms with E-state index in [1.165, 1.54) is 13.3 Å². The Bertz CT molecular complexity index is 275. The van der Waals surface area contributed by atoms with E-state index in [9.17, 15) is 4.79 Å². The Balaban J connectivity index is 2.46. The summed E-state index contributed by atoms with van der Waals surface area (Å²) in [5.41, 5.74) is 5.13. The van der Waals surface area contributed by atoms with Crippen molar-refractivity contribution in [1.29, 1.82) is 5.41 Å². The molecule has 0 aromatic heterocycles. The lowest BCUT2D eigenvalue weighted by molar-refractivity contribution is -0.153. The monoisotopic (exact) mass is 247 g/mol. The Hall–Kier alpha value is -0.970. The first-order chi connectivity index (χ1) is 7.42. The zero-order valence-corrected chi connectivity index (χ0v) is 10.1. The lowest BCUT2D eigenvalue weighted by Crippen LogP contribution is -2.51. The molecule has 4 N–H and O–H groups in total. The second-order valence-corrected chi connectivity index (χ2v) is 4.96. The van der Waals surface area contributed by atoms with Crippen LogP contribution in [-0.2, 0) is 9.53 Å². The van der Waals surface area contributed by atoms with Gasteiger partial charge in [0, 0.05) is 0 Å². The number of alkyl halides is 1. The van der Waals surface area contributed by atoms with Gasteiger partial charge in [-0.05, 0) is 32.6 Å². The van der Waals surface area contributed by atoms with E-state index in [0.717, 1.165) is 25.7 Å². The maximum atomic E-state index is 11.7. The maximum Gasteiger partial charge on any atom is 0.347 e. The van der Waals surface area contributed by atoms with Crippen LogP contribution in [0.5, 0.6) is 0 Å². The number of nitrogens with two attached hydrogens (primary N) is 1. The molecule has 1 unspecified atom stereocenters. The first-order valence-corrected chi connectivity index (χ1v) is 5.82. The van der Waals surface area contributed by atoms with E-state index in [0.29, 0.717) is 0 Å². The standard InChI is InChI=1S/C10H18ClN3O2/c1-10(11,14-9(12)13)8(15)16-7-5-3-2-4-6-7/h7H,2-6H2,1H3,(H4,12,13,14). The van der Waals surface area contributed by atoms with E-state index in [2.05, 4.69) is 5.32 Å². The van der Waals surface area contributed by atoms with Gasteiger partial charge >= 0.3 is 5.97 Å². The molecule has 0 bridgehead atoms. The molecule has 1 aliphatic carbocycles. The normalized spacial score (nSPS) is 20.9. The summed E-state index contributed by atoms with van der Waals surface area (Å²) in [6.07, 6.45) is 5.08. The van der Waals surface area contributed by atoms with Gasteiger partial charge in [-0.2, -0.15) is 0 Å². The molecule has 1 saturated carbocycles. The first kappa shape index (κ1) is 13.1. The highest BCUT2D eigenvalue weighted by Gasteiger charge is 2.34. The Labute approximate surface area is 100 Å². The number of halogens is 1. The van der Waals surface area contributed by atoms with Crippen LogP contribution >= 0.6 is 11.6 Å². The van der Waals surface area contributed by atoms with Gasteiger partial charge in [0.05, 0.1) is 0 Å². The molecule has 16 heavy (non-hydrogen) atoms. The van der Waals surface area contributed by atoms with Crippen LogP contribution in [0.15, 0.2) is 0 Å². The first-order valence-electron chi connectivity index (χ1n) is 5.44. The second kappa shape index (κ2) is 5.39. The van der Waals surface area contributed by atoms with Crippen LogP contribution in [0.2, 0.25) is 0 Å². The van der Waals surface area contributed by atoms with Crippen molar-refractivity contribution in [2.24, 2.45) is 5.73 Å².